The molecule has 0 saturated heterocycles. The van der Waals surface area contributed by atoms with Crippen LogP contribution in [0, 0.1) is 0 Å². The summed E-state index contributed by atoms with van der Waals surface area (Å²) in [6.45, 7) is 0.0466. The molecule has 0 aliphatic rings. The van der Waals surface area contributed by atoms with Gasteiger partial charge >= 0.3 is 0 Å². The van der Waals surface area contributed by atoms with Crippen LogP contribution in [0.2, 0.25) is 10.0 Å². The number of rotatable bonds is 8. The molecule has 3 rings (SSSR count). The van der Waals surface area contributed by atoms with E-state index in [1.54, 1.807) is 16.7 Å². The number of halogens is 2. The summed E-state index contributed by atoms with van der Waals surface area (Å²) in [7, 11) is 2.81. The Hall–Kier alpha value is -3.01. The van der Waals surface area contributed by atoms with E-state index in [0.717, 1.165) is 5.56 Å². The Kier molecular flexibility index (Phi) is 7.79. The fourth-order valence-corrected chi connectivity index (χ4v) is 3.98. The highest BCUT2D eigenvalue weighted by molar-refractivity contribution is 7.07. The van der Waals surface area contributed by atoms with Crippen LogP contribution in [0.5, 0.6) is 17.2 Å². The number of carbonyl (C=O) groups excluding carboxylic acids is 2. The molecule has 0 radical (unpaired) electrons. The Labute approximate surface area is 197 Å². The third-order valence-corrected chi connectivity index (χ3v) is 5.66. The van der Waals surface area contributed by atoms with Gasteiger partial charge in [0.05, 0.1) is 20.8 Å². The molecule has 0 bridgehead atoms. The molecule has 0 aliphatic carbocycles. The lowest BCUT2D eigenvalue weighted by atomic mass is 10.1. The quantitative estimate of drug-likeness (QED) is 0.514. The van der Waals surface area contributed by atoms with E-state index < -0.39 is 11.8 Å². The smallest absolute Gasteiger partial charge is 0.279 e. The number of hydrogen-bond donors (Lipinski definition) is 1. The van der Waals surface area contributed by atoms with Gasteiger partial charge in [-0.3, -0.25) is 9.59 Å². The molecular weight excluding hydrogens is 477 g/mol. The zero-order valence-corrected chi connectivity index (χ0v) is 19.5. The van der Waals surface area contributed by atoms with Gasteiger partial charge in [0.25, 0.3) is 11.8 Å². The molecule has 168 valence electrons. The highest BCUT2D eigenvalue weighted by Gasteiger charge is 2.18. The molecule has 3 aromatic rings. The van der Waals surface area contributed by atoms with E-state index in [0.29, 0.717) is 21.4 Å². The van der Waals surface area contributed by atoms with E-state index in [9.17, 15) is 9.59 Å². The molecular formula is C21H19Cl2N3O5S. The van der Waals surface area contributed by atoms with Crippen LogP contribution in [0.4, 0.5) is 0 Å². The summed E-state index contributed by atoms with van der Waals surface area (Å²) in [5.41, 5.74) is 6.19. The number of nitrogens with zero attached hydrogens (tertiary/aromatic N) is 2. The van der Waals surface area contributed by atoms with Gasteiger partial charge in [0.1, 0.15) is 0 Å². The summed E-state index contributed by atoms with van der Waals surface area (Å²) in [6, 6.07) is 8.14. The number of ether oxygens (including phenoxy) is 3. The molecule has 0 spiro atoms. The molecule has 11 heteroatoms. The predicted molar refractivity (Wildman–Crippen MR) is 122 cm³/mol. The van der Waals surface area contributed by atoms with Gasteiger partial charge in [0.15, 0.2) is 22.9 Å². The average molecular weight is 496 g/mol. The molecule has 1 aromatic heterocycles. The number of benzene rings is 2. The van der Waals surface area contributed by atoms with Gasteiger partial charge in [-0.2, -0.15) is 4.99 Å². The number of aromatic nitrogens is 1. The lowest BCUT2D eigenvalue weighted by Crippen LogP contribution is -2.20. The summed E-state index contributed by atoms with van der Waals surface area (Å²) in [5, 5.41) is 2.88. The predicted octanol–water partition coefficient (Wildman–Crippen LogP) is 3.53. The van der Waals surface area contributed by atoms with Crippen molar-refractivity contribution in [2.45, 2.75) is 6.54 Å². The molecule has 0 aliphatic heterocycles. The van der Waals surface area contributed by atoms with Gasteiger partial charge < -0.3 is 24.5 Å². The summed E-state index contributed by atoms with van der Waals surface area (Å²) >= 11 is 13.5. The zero-order chi connectivity index (χ0) is 23.3. The fraction of sp³-hybridized carbons (Fsp3) is 0.190. The normalized spacial score (nSPS) is 11.3. The molecule has 1 heterocycles. The largest absolute Gasteiger partial charge is 0.493 e. The topological polar surface area (TPSA) is 105 Å². The summed E-state index contributed by atoms with van der Waals surface area (Å²) < 4.78 is 17.8. The SMILES string of the molecule is COc1cc(C(=O)N=c2sccn2Cc2ccc(Cl)cc2Cl)cc(OC)c1OCC(N)=O. The summed E-state index contributed by atoms with van der Waals surface area (Å²) in [6.07, 6.45) is 1.81. The average Bonchev–Trinajstić information content (AvgIpc) is 3.19. The highest BCUT2D eigenvalue weighted by Crippen LogP contribution is 2.38. The standard InChI is InChI=1S/C21H19Cl2N3O5S/c1-29-16-7-13(8-17(30-2)19(16)31-11-18(24)27)20(28)25-21-26(5-6-32-21)10-12-3-4-14(22)9-15(12)23/h3-9H,10-11H2,1-2H3,(H2,24,27). The lowest BCUT2D eigenvalue weighted by molar-refractivity contribution is -0.120. The number of nitrogens with two attached hydrogens (primary N) is 1. The Morgan fingerprint density at radius 2 is 1.81 bits per heavy atom. The molecule has 2 amide bonds. The highest BCUT2D eigenvalue weighted by atomic mass is 35.5. The van der Waals surface area contributed by atoms with Gasteiger partial charge in [0.2, 0.25) is 5.75 Å². The second kappa shape index (κ2) is 10.5. The molecule has 0 unspecified atom stereocenters. The molecule has 0 atom stereocenters. The Bertz CT molecular complexity index is 1200. The van der Waals surface area contributed by atoms with Gasteiger partial charge in [-0.05, 0) is 29.8 Å². The fourth-order valence-electron chi connectivity index (χ4n) is 2.78. The number of carbonyl (C=O) groups is 2. The van der Waals surface area contributed by atoms with Crippen molar-refractivity contribution in [1.29, 1.82) is 0 Å². The first-order valence-electron chi connectivity index (χ1n) is 9.16. The molecule has 2 N–H and O–H groups in total. The Morgan fingerprint density at radius 3 is 2.41 bits per heavy atom. The van der Waals surface area contributed by atoms with Crippen molar-refractivity contribution in [3.05, 3.63) is 67.9 Å². The van der Waals surface area contributed by atoms with Crippen molar-refractivity contribution in [3.63, 3.8) is 0 Å². The monoisotopic (exact) mass is 495 g/mol. The number of amides is 2. The van der Waals surface area contributed by atoms with Crippen molar-refractivity contribution in [2.24, 2.45) is 10.7 Å². The first-order chi connectivity index (χ1) is 15.3. The minimum Gasteiger partial charge on any atom is -0.493 e. The van der Waals surface area contributed by atoms with Crippen molar-refractivity contribution in [2.75, 3.05) is 20.8 Å². The first kappa shape index (κ1) is 23.6. The van der Waals surface area contributed by atoms with Gasteiger partial charge in [-0.25, -0.2) is 0 Å². The van der Waals surface area contributed by atoms with Crippen LogP contribution < -0.4 is 24.7 Å². The van der Waals surface area contributed by atoms with E-state index in [1.165, 1.54) is 37.7 Å². The minimum absolute atomic E-state index is 0.161. The third-order valence-electron chi connectivity index (χ3n) is 4.28. The van der Waals surface area contributed by atoms with Crippen LogP contribution >= 0.6 is 34.5 Å². The Morgan fingerprint density at radius 1 is 1.12 bits per heavy atom. The van der Waals surface area contributed by atoms with Crippen LogP contribution in [0.3, 0.4) is 0 Å². The second-order valence-electron chi connectivity index (χ2n) is 6.43. The van der Waals surface area contributed by atoms with E-state index in [-0.39, 0.29) is 29.4 Å². The first-order valence-corrected chi connectivity index (χ1v) is 10.8. The molecule has 8 nitrogen and oxygen atoms in total. The summed E-state index contributed by atoms with van der Waals surface area (Å²) in [5.74, 6) is -0.602. The molecule has 0 fully saturated rings. The van der Waals surface area contributed by atoms with E-state index in [1.807, 2.05) is 17.6 Å². The van der Waals surface area contributed by atoms with Crippen molar-refractivity contribution >= 4 is 46.4 Å². The maximum absolute atomic E-state index is 12.9. The van der Waals surface area contributed by atoms with Crippen molar-refractivity contribution in [3.8, 4) is 17.2 Å². The second-order valence-corrected chi connectivity index (χ2v) is 8.15. The zero-order valence-electron chi connectivity index (χ0n) is 17.1. The number of hydrogen-bond acceptors (Lipinski definition) is 6. The Balaban J connectivity index is 1.93. The third kappa shape index (κ3) is 5.61. The number of primary amides is 1. The summed E-state index contributed by atoms with van der Waals surface area (Å²) in [4.78, 5) is 28.7. The van der Waals surface area contributed by atoms with Gasteiger partial charge in [-0.1, -0.05) is 29.3 Å². The molecule has 0 saturated carbocycles. The maximum Gasteiger partial charge on any atom is 0.279 e. The number of methoxy groups -OCH3 is 2. The lowest BCUT2D eigenvalue weighted by Gasteiger charge is -2.14. The van der Waals surface area contributed by atoms with Gasteiger partial charge in [0, 0.05) is 27.2 Å². The molecule has 2 aromatic carbocycles. The van der Waals surface area contributed by atoms with E-state index in [4.69, 9.17) is 43.1 Å². The van der Waals surface area contributed by atoms with Crippen molar-refractivity contribution in [1.82, 2.24) is 4.57 Å². The van der Waals surface area contributed by atoms with Crippen LogP contribution in [0.25, 0.3) is 0 Å². The number of thiazole rings is 1. The van der Waals surface area contributed by atoms with Crippen LogP contribution in [0.1, 0.15) is 15.9 Å². The molecule has 32 heavy (non-hydrogen) atoms. The van der Waals surface area contributed by atoms with Crippen LogP contribution in [-0.2, 0) is 11.3 Å². The van der Waals surface area contributed by atoms with Crippen LogP contribution in [0.15, 0.2) is 46.9 Å². The van der Waals surface area contributed by atoms with Crippen LogP contribution in [-0.4, -0.2) is 37.2 Å². The van der Waals surface area contributed by atoms with E-state index in [2.05, 4.69) is 4.99 Å². The van der Waals surface area contributed by atoms with Crippen molar-refractivity contribution < 1.29 is 23.8 Å². The maximum atomic E-state index is 12.9. The minimum atomic E-state index is -0.660. The van der Waals surface area contributed by atoms with E-state index >= 15 is 0 Å². The van der Waals surface area contributed by atoms with Gasteiger partial charge in [-0.15, -0.1) is 11.3 Å².